The van der Waals surface area contributed by atoms with Gasteiger partial charge >= 0.3 is 0 Å². The minimum atomic E-state index is -2.91. The maximum Gasteiger partial charge on any atom is 0.257 e. The molecule has 6 heteroatoms. The normalized spacial score (nSPS) is 25.2. The molecule has 1 N–H and O–H groups in total. The van der Waals surface area contributed by atoms with Crippen LogP contribution in [0, 0.1) is 0 Å². The molecule has 0 amide bonds. The van der Waals surface area contributed by atoms with Crippen LogP contribution in [0.25, 0.3) is 0 Å². The lowest BCUT2D eigenvalue weighted by molar-refractivity contribution is 0.272. The zero-order chi connectivity index (χ0) is 14.4. The Hall–Kier alpha value is -0.360. The van der Waals surface area contributed by atoms with E-state index in [1.54, 1.807) is 0 Å². The van der Waals surface area contributed by atoms with Gasteiger partial charge in [0.25, 0.3) is 5.17 Å². The molecule has 0 aromatic rings. The van der Waals surface area contributed by atoms with E-state index in [1.165, 1.54) is 19.3 Å². The summed E-state index contributed by atoms with van der Waals surface area (Å²) in [6, 6.07) is 0. The summed E-state index contributed by atoms with van der Waals surface area (Å²) < 4.78 is 28.4. The Kier molecular flexibility index (Phi) is 6.53. The second-order valence-corrected chi connectivity index (χ2v) is 8.13. The van der Waals surface area contributed by atoms with Crippen molar-refractivity contribution in [1.29, 1.82) is 0 Å². The van der Waals surface area contributed by atoms with E-state index in [1.807, 2.05) is 6.92 Å². The molecule has 1 aliphatic rings. The Morgan fingerprint density at radius 3 is 2.58 bits per heavy atom. The zero-order valence-electron chi connectivity index (χ0n) is 11.9. The molecular formula is C13H25NO3S2. The summed E-state index contributed by atoms with van der Waals surface area (Å²) in [7, 11) is -2.91. The fraction of sp³-hybridized carbons (Fsp3) is 0.923. The molecule has 0 spiro atoms. The first-order valence-corrected chi connectivity index (χ1v) is 9.25. The summed E-state index contributed by atoms with van der Waals surface area (Å²) >= 11 is 5.11. The van der Waals surface area contributed by atoms with Crippen LogP contribution < -0.4 is 5.32 Å². The van der Waals surface area contributed by atoms with Crippen molar-refractivity contribution in [3.8, 4) is 0 Å². The van der Waals surface area contributed by atoms with Crippen LogP contribution in [0.3, 0.4) is 0 Å². The number of unbranched alkanes of at least 4 members (excludes halogenated alkanes) is 4. The molecule has 1 unspecified atom stereocenters. The van der Waals surface area contributed by atoms with Crippen LogP contribution in [0.5, 0.6) is 0 Å². The molecule has 1 aliphatic heterocycles. The number of ether oxygens (including phenoxy) is 1. The minimum Gasteiger partial charge on any atom is -0.471 e. The van der Waals surface area contributed by atoms with E-state index in [9.17, 15) is 8.42 Å². The highest BCUT2D eigenvalue weighted by Crippen LogP contribution is 2.22. The first kappa shape index (κ1) is 16.7. The van der Waals surface area contributed by atoms with E-state index >= 15 is 0 Å². The van der Waals surface area contributed by atoms with Crippen molar-refractivity contribution in [2.24, 2.45) is 0 Å². The smallest absolute Gasteiger partial charge is 0.257 e. The van der Waals surface area contributed by atoms with Crippen LogP contribution in [0.2, 0.25) is 0 Å². The van der Waals surface area contributed by atoms with Gasteiger partial charge in [-0.1, -0.05) is 32.6 Å². The number of rotatable bonds is 7. The fourth-order valence-corrected chi connectivity index (χ4v) is 4.68. The van der Waals surface area contributed by atoms with Crippen LogP contribution in [0.4, 0.5) is 0 Å². The molecular weight excluding hydrogens is 282 g/mol. The molecule has 0 aromatic carbocycles. The number of nitrogens with one attached hydrogen (secondary N) is 1. The van der Waals surface area contributed by atoms with Crippen molar-refractivity contribution in [2.45, 2.75) is 57.9 Å². The van der Waals surface area contributed by atoms with Crippen molar-refractivity contribution >= 4 is 27.2 Å². The van der Waals surface area contributed by atoms with E-state index < -0.39 is 15.4 Å². The van der Waals surface area contributed by atoms with Gasteiger partial charge in [0.15, 0.2) is 9.84 Å². The number of thiocarbonyl (C=S) groups is 1. The third kappa shape index (κ3) is 6.56. The van der Waals surface area contributed by atoms with Crippen LogP contribution in [-0.4, -0.2) is 37.2 Å². The highest BCUT2D eigenvalue weighted by Gasteiger charge is 2.39. The molecule has 112 valence electrons. The molecule has 1 rings (SSSR count). The highest BCUT2D eigenvalue weighted by atomic mass is 32.2. The molecule has 1 fully saturated rings. The lowest BCUT2D eigenvalue weighted by Gasteiger charge is -2.25. The lowest BCUT2D eigenvalue weighted by Crippen LogP contribution is -2.47. The van der Waals surface area contributed by atoms with Crippen LogP contribution in [-0.2, 0) is 14.6 Å². The molecule has 1 heterocycles. The van der Waals surface area contributed by atoms with E-state index in [2.05, 4.69) is 12.2 Å². The predicted octanol–water partition coefficient (Wildman–Crippen LogP) is 2.43. The summed E-state index contributed by atoms with van der Waals surface area (Å²) in [4.78, 5) is 0. The van der Waals surface area contributed by atoms with Crippen LogP contribution in [0.1, 0.15) is 52.4 Å². The first-order chi connectivity index (χ1) is 8.87. The Balaban J connectivity index is 2.18. The van der Waals surface area contributed by atoms with E-state index in [4.69, 9.17) is 17.0 Å². The average molecular weight is 307 g/mol. The highest BCUT2D eigenvalue weighted by molar-refractivity contribution is 7.91. The first-order valence-electron chi connectivity index (χ1n) is 7.02. The zero-order valence-corrected chi connectivity index (χ0v) is 13.5. The topological polar surface area (TPSA) is 55.4 Å². The van der Waals surface area contributed by atoms with E-state index in [-0.39, 0.29) is 11.5 Å². The summed E-state index contributed by atoms with van der Waals surface area (Å²) in [6.07, 6.45) is 6.47. The van der Waals surface area contributed by atoms with Gasteiger partial charge in [0, 0.05) is 0 Å². The minimum absolute atomic E-state index is 0.139. The quantitative estimate of drug-likeness (QED) is 0.578. The average Bonchev–Trinajstić information content (AvgIpc) is 2.57. The fourth-order valence-electron chi connectivity index (χ4n) is 2.26. The Bertz CT molecular complexity index is 395. The van der Waals surface area contributed by atoms with Gasteiger partial charge in [-0.25, -0.2) is 8.42 Å². The molecule has 4 nitrogen and oxygen atoms in total. The molecule has 0 radical (unpaired) electrons. The van der Waals surface area contributed by atoms with Crippen molar-refractivity contribution in [3.05, 3.63) is 0 Å². The summed E-state index contributed by atoms with van der Waals surface area (Å²) in [6.45, 7) is 4.68. The third-order valence-corrected chi connectivity index (χ3v) is 5.51. The van der Waals surface area contributed by atoms with Crippen molar-refractivity contribution < 1.29 is 13.2 Å². The molecule has 0 aromatic heterocycles. The molecule has 0 aliphatic carbocycles. The molecule has 0 bridgehead atoms. The van der Waals surface area contributed by atoms with Crippen molar-refractivity contribution in [2.75, 3.05) is 18.1 Å². The number of hydrogen-bond donors (Lipinski definition) is 1. The standard InChI is InChI=1S/C13H25NO3S2/c1-3-4-5-6-7-9-17-12(18)14-13(2)8-10-19(15,16)11-13/h3-11H2,1-2H3,(H,14,18). The van der Waals surface area contributed by atoms with Gasteiger partial charge < -0.3 is 10.1 Å². The summed E-state index contributed by atoms with van der Waals surface area (Å²) in [5.74, 6) is 0.371. The largest absolute Gasteiger partial charge is 0.471 e. The van der Waals surface area contributed by atoms with Gasteiger partial charge in [-0.2, -0.15) is 0 Å². The van der Waals surface area contributed by atoms with Gasteiger partial charge in [0.2, 0.25) is 0 Å². The molecule has 1 atom stereocenters. The van der Waals surface area contributed by atoms with E-state index in [0.29, 0.717) is 18.2 Å². The van der Waals surface area contributed by atoms with Crippen molar-refractivity contribution in [3.63, 3.8) is 0 Å². The van der Waals surface area contributed by atoms with E-state index in [0.717, 1.165) is 12.8 Å². The van der Waals surface area contributed by atoms with Gasteiger partial charge in [-0.15, -0.1) is 0 Å². The van der Waals surface area contributed by atoms with Gasteiger partial charge in [0.05, 0.1) is 23.7 Å². The Morgan fingerprint density at radius 2 is 2.00 bits per heavy atom. The monoisotopic (exact) mass is 307 g/mol. The Labute approximate surface area is 122 Å². The van der Waals surface area contributed by atoms with Gasteiger partial charge in [-0.05, 0) is 32.0 Å². The maximum atomic E-state index is 11.5. The predicted molar refractivity (Wildman–Crippen MR) is 82.1 cm³/mol. The molecule has 0 saturated carbocycles. The van der Waals surface area contributed by atoms with Crippen LogP contribution in [0.15, 0.2) is 0 Å². The Morgan fingerprint density at radius 1 is 1.32 bits per heavy atom. The lowest BCUT2D eigenvalue weighted by atomic mass is 10.0. The molecule has 19 heavy (non-hydrogen) atoms. The van der Waals surface area contributed by atoms with Crippen LogP contribution >= 0.6 is 12.2 Å². The molecule has 1 saturated heterocycles. The van der Waals surface area contributed by atoms with Gasteiger partial charge in [-0.3, -0.25) is 0 Å². The summed E-state index contributed by atoms with van der Waals surface area (Å²) in [5.41, 5.74) is -0.460. The SMILES string of the molecule is CCCCCCCOC(=S)NC1(C)CCS(=O)(=O)C1. The number of hydrogen-bond acceptors (Lipinski definition) is 4. The summed E-state index contributed by atoms with van der Waals surface area (Å²) in [5, 5.41) is 3.37. The van der Waals surface area contributed by atoms with Gasteiger partial charge in [0.1, 0.15) is 0 Å². The second-order valence-electron chi connectivity index (χ2n) is 5.58. The third-order valence-electron chi connectivity index (χ3n) is 3.39. The van der Waals surface area contributed by atoms with Crippen molar-refractivity contribution in [1.82, 2.24) is 5.32 Å². The number of sulfone groups is 1. The second kappa shape index (κ2) is 7.43. The maximum absolute atomic E-state index is 11.5.